The molecule has 0 radical (unpaired) electrons. The maximum Gasteiger partial charge on any atom is 0.0951 e. The fraction of sp³-hybridized carbons (Fsp3) is 0.0833. The third-order valence-electron chi connectivity index (χ3n) is 2.29. The van der Waals surface area contributed by atoms with Crippen LogP contribution in [0.15, 0.2) is 37.3 Å². The van der Waals surface area contributed by atoms with Gasteiger partial charge in [0.2, 0.25) is 0 Å². The van der Waals surface area contributed by atoms with Crippen molar-refractivity contribution in [2.24, 2.45) is 7.05 Å². The Kier molecular flexibility index (Phi) is 2.29. The highest BCUT2D eigenvalue weighted by molar-refractivity contribution is 5.76. The van der Waals surface area contributed by atoms with Gasteiger partial charge < -0.3 is 10.3 Å². The number of nitrogen functional groups attached to an aromatic ring is 1. The molecule has 0 spiro atoms. The summed E-state index contributed by atoms with van der Waals surface area (Å²) >= 11 is 0. The van der Waals surface area contributed by atoms with Crippen LogP contribution in [0.4, 0.5) is 5.69 Å². The van der Waals surface area contributed by atoms with Crippen molar-refractivity contribution in [2.75, 3.05) is 5.73 Å². The zero-order chi connectivity index (χ0) is 10.8. The highest BCUT2D eigenvalue weighted by Gasteiger charge is 2.05. The van der Waals surface area contributed by atoms with Gasteiger partial charge in [0.25, 0.3) is 0 Å². The lowest BCUT2D eigenvalue weighted by Crippen LogP contribution is -1.90. The first-order valence-electron chi connectivity index (χ1n) is 4.71. The molecule has 0 atom stereocenters. The predicted molar refractivity (Wildman–Crippen MR) is 63.1 cm³/mol. The first-order chi connectivity index (χ1) is 7.20. The van der Waals surface area contributed by atoms with Crippen molar-refractivity contribution in [3.8, 4) is 11.3 Å². The molecular weight excluding hydrogens is 186 g/mol. The molecule has 0 unspecified atom stereocenters. The van der Waals surface area contributed by atoms with Gasteiger partial charge in [-0.05, 0) is 17.7 Å². The molecule has 0 saturated carbocycles. The number of aromatic nitrogens is 2. The molecule has 1 aromatic heterocycles. The van der Waals surface area contributed by atoms with Crippen LogP contribution in [-0.4, -0.2) is 9.55 Å². The lowest BCUT2D eigenvalue weighted by atomic mass is 10.1. The van der Waals surface area contributed by atoms with Gasteiger partial charge in [0.05, 0.1) is 12.0 Å². The van der Waals surface area contributed by atoms with Crippen molar-refractivity contribution in [3.63, 3.8) is 0 Å². The normalized spacial score (nSPS) is 10.2. The third kappa shape index (κ3) is 1.76. The van der Waals surface area contributed by atoms with Crippen molar-refractivity contribution in [1.82, 2.24) is 9.55 Å². The van der Waals surface area contributed by atoms with Crippen LogP contribution >= 0.6 is 0 Å². The van der Waals surface area contributed by atoms with Crippen LogP contribution in [-0.2, 0) is 7.05 Å². The molecule has 0 fully saturated rings. The summed E-state index contributed by atoms with van der Waals surface area (Å²) < 4.78 is 1.90. The van der Waals surface area contributed by atoms with E-state index in [9.17, 15) is 0 Å². The second-order valence-electron chi connectivity index (χ2n) is 3.48. The summed E-state index contributed by atoms with van der Waals surface area (Å²) in [5.74, 6) is 0. The van der Waals surface area contributed by atoms with Gasteiger partial charge in [0, 0.05) is 24.5 Å². The van der Waals surface area contributed by atoms with Crippen molar-refractivity contribution < 1.29 is 0 Å². The van der Waals surface area contributed by atoms with E-state index in [1.54, 1.807) is 12.4 Å². The topological polar surface area (TPSA) is 43.8 Å². The second-order valence-corrected chi connectivity index (χ2v) is 3.48. The fourth-order valence-electron chi connectivity index (χ4n) is 1.47. The van der Waals surface area contributed by atoms with Gasteiger partial charge in [-0.25, -0.2) is 4.98 Å². The number of hydrogen-bond donors (Lipinski definition) is 1. The van der Waals surface area contributed by atoms with E-state index in [0.717, 1.165) is 22.5 Å². The van der Waals surface area contributed by atoms with E-state index in [2.05, 4.69) is 11.6 Å². The number of benzene rings is 1. The Balaban J connectivity index is 2.55. The lowest BCUT2D eigenvalue weighted by molar-refractivity contribution is 0.913. The summed E-state index contributed by atoms with van der Waals surface area (Å²) in [5, 5.41) is 0. The molecule has 76 valence electrons. The number of hydrogen-bond acceptors (Lipinski definition) is 2. The van der Waals surface area contributed by atoms with E-state index in [4.69, 9.17) is 5.73 Å². The van der Waals surface area contributed by atoms with Gasteiger partial charge in [0.15, 0.2) is 0 Å². The number of aryl methyl sites for hydroxylation is 1. The average Bonchev–Trinajstić information content (AvgIpc) is 2.65. The molecule has 15 heavy (non-hydrogen) atoms. The highest BCUT2D eigenvalue weighted by atomic mass is 15.0. The van der Waals surface area contributed by atoms with E-state index >= 15 is 0 Å². The molecule has 0 aliphatic heterocycles. The summed E-state index contributed by atoms with van der Waals surface area (Å²) in [6.45, 7) is 3.73. The minimum atomic E-state index is 0.735. The molecule has 2 N–H and O–H groups in total. The van der Waals surface area contributed by atoms with E-state index < -0.39 is 0 Å². The number of rotatable bonds is 2. The smallest absolute Gasteiger partial charge is 0.0951 e. The quantitative estimate of drug-likeness (QED) is 0.754. The van der Waals surface area contributed by atoms with Gasteiger partial charge in [-0.1, -0.05) is 18.7 Å². The minimum absolute atomic E-state index is 0.735. The Hall–Kier alpha value is -2.03. The molecule has 2 rings (SSSR count). The van der Waals surface area contributed by atoms with Gasteiger partial charge >= 0.3 is 0 Å². The van der Waals surface area contributed by atoms with Crippen molar-refractivity contribution in [3.05, 3.63) is 42.9 Å². The van der Waals surface area contributed by atoms with Crippen molar-refractivity contribution in [1.29, 1.82) is 0 Å². The first-order valence-corrected chi connectivity index (χ1v) is 4.71. The van der Waals surface area contributed by atoms with Gasteiger partial charge in [-0.3, -0.25) is 0 Å². The lowest BCUT2D eigenvalue weighted by Gasteiger charge is -2.03. The molecule has 0 aliphatic rings. The van der Waals surface area contributed by atoms with Crippen LogP contribution in [0, 0.1) is 0 Å². The second kappa shape index (κ2) is 3.61. The molecule has 1 aromatic carbocycles. The number of nitrogens with zero attached hydrogens (tertiary/aromatic N) is 2. The fourth-order valence-corrected chi connectivity index (χ4v) is 1.47. The van der Waals surface area contributed by atoms with E-state index in [1.807, 2.05) is 36.0 Å². The monoisotopic (exact) mass is 199 g/mol. The van der Waals surface area contributed by atoms with Gasteiger partial charge in [-0.15, -0.1) is 0 Å². The Bertz CT molecular complexity index is 497. The molecule has 0 bridgehead atoms. The van der Waals surface area contributed by atoms with E-state index in [1.165, 1.54) is 0 Å². The Morgan fingerprint density at radius 2 is 2.27 bits per heavy atom. The number of anilines is 1. The number of nitrogens with two attached hydrogens (primary N) is 1. The average molecular weight is 199 g/mol. The summed E-state index contributed by atoms with van der Waals surface area (Å²) in [4.78, 5) is 4.27. The van der Waals surface area contributed by atoms with E-state index in [-0.39, 0.29) is 0 Å². The summed E-state index contributed by atoms with van der Waals surface area (Å²) in [5.41, 5.74) is 9.52. The van der Waals surface area contributed by atoms with Crippen LogP contribution in [0.5, 0.6) is 0 Å². The van der Waals surface area contributed by atoms with Crippen LogP contribution in [0.3, 0.4) is 0 Å². The summed E-state index contributed by atoms with van der Waals surface area (Å²) in [7, 11) is 1.93. The molecular formula is C12H13N3. The van der Waals surface area contributed by atoms with Crippen LogP contribution in [0.25, 0.3) is 17.3 Å². The first kappa shape index (κ1) is 9.52. The molecule has 3 nitrogen and oxygen atoms in total. The molecule has 0 saturated heterocycles. The largest absolute Gasteiger partial charge is 0.398 e. The highest BCUT2D eigenvalue weighted by Crippen LogP contribution is 2.25. The Morgan fingerprint density at radius 3 is 2.87 bits per heavy atom. The standard InChI is InChI=1S/C12H13N3/c1-3-9-4-5-11(13)10(6-9)12-7-15(2)8-14-12/h3-8H,1,13H2,2H3. The van der Waals surface area contributed by atoms with Crippen LogP contribution in [0.2, 0.25) is 0 Å². The third-order valence-corrected chi connectivity index (χ3v) is 2.29. The van der Waals surface area contributed by atoms with Gasteiger partial charge in [0.1, 0.15) is 0 Å². The summed E-state index contributed by atoms with van der Waals surface area (Å²) in [6.07, 6.45) is 5.50. The van der Waals surface area contributed by atoms with Crippen LogP contribution in [0.1, 0.15) is 5.56 Å². The Morgan fingerprint density at radius 1 is 1.47 bits per heavy atom. The van der Waals surface area contributed by atoms with Crippen LogP contribution < -0.4 is 5.73 Å². The van der Waals surface area contributed by atoms with Gasteiger partial charge in [-0.2, -0.15) is 0 Å². The Labute approximate surface area is 88.9 Å². The zero-order valence-corrected chi connectivity index (χ0v) is 8.64. The maximum atomic E-state index is 5.90. The summed E-state index contributed by atoms with van der Waals surface area (Å²) in [6, 6.07) is 5.81. The van der Waals surface area contributed by atoms with Crippen molar-refractivity contribution >= 4 is 11.8 Å². The molecule has 0 aliphatic carbocycles. The molecule has 3 heteroatoms. The molecule has 1 heterocycles. The number of imidazole rings is 1. The minimum Gasteiger partial charge on any atom is -0.398 e. The zero-order valence-electron chi connectivity index (χ0n) is 8.64. The maximum absolute atomic E-state index is 5.90. The van der Waals surface area contributed by atoms with E-state index in [0.29, 0.717) is 0 Å². The van der Waals surface area contributed by atoms with Crippen molar-refractivity contribution in [2.45, 2.75) is 0 Å². The molecule has 0 amide bonds. The molecule has 2 aromatic rings. The predicted octanol–water partition coefficient (Wildman–Crippen LogP) is 2.31. The SMILES string of the molecule is C=Cc1ccc(N)c(-c2cn(C)cn2)c1.